The Kier molecular flexibility index (Phi) is 6.94. The topological polar surface area (TPSA) is 47.3 Å². The van der Waals surface area contributed by atoms with Crippen molar-refractivity contribution < 1.29 is 4.74 Å². The second kappa shape index (κ2) is 8.25. The first-order chi connectivity index (χ1) is 8.67. The molecule has 1 atom stereocenters. The molecular weight excluding hydrogens is 224 g/mol. The van der Waals surface area contributed by atoms with Crippen molar-refractivity contribution in [3.63, 3.8) is 0 Å². The molecule has 0 radical (unpaired) electrons. The van der Waals surface area contributed by atoms with Gasteiger partial charge in [0.2, 0.25) is 0 Å². The van der Waals surface area contributed by atoms with Crippen molar-refractivity contribution in [2.24, 2.45) is 5.84 Å². The summed E-state index contributed by atoms with van der Waals surface area (Å²) in [6.45, 7) is 8.01. The minimum Gasteiger partial charge on any atom is -0.381 e. The van der Waals surface area contributed by atoms with E-state index in [1.807, 2.05) is 0 Å². The average molecular weight is 250 g/mol. The fourth-order valence-electron chi connectivity index (χ4n) is 1.93. The third-order valence-electron chi connectivity index (χ3n) is 3.25. The second-order valence-corrected chi connectivity index (χ2v) is 4.89. The van der Waals surface area contributed by atoms with Crippen LogP contribution >= 0.6 is 0 Å². The number of hydrogen-bond acceptors (Lipinski definition) is 3. The van der Waals surface area contributed by atoms with E-state index in [-0.39, 0.29) is 6.04 Å². The zero-order chi connectivity index (χ0) is 13.4. The number of rotatable bonds is 8. The summed E-state index contributed by atoms with van der Waals surface area (Å²) >= 11 is 0. The van der Waals surface area contributed by atoms with E-state index in [1.54, 1.807) is 0 Å². The summed E-state index contributed by atoms with van der Waals surface area (Å²) in [4.78, 5) is 0. The van der Waals surface area contributed by atoms with E-state index >= 15 is 0 Å². The predicted molar refractivity (Wildman–Crippen MR) is 76.5 cm³/mol. The first kappa shape index (κ1) is 15.2. The summed E-state index contributed by atoms with van der Waals surface area (Å²) < 4.78 is 5.50. The lowest BCUT2D eigenvalue weighted by molar-refractivity contribution is 0.124. The lowest BCUT2D eigenvalue weighted by atomic mass is 10.00. The van der Waals surface area contributed by atoms with E-state index in [9.17, 15) is 0 Å². The molecule has 1 aromatic carbocycles. The Hall–Kier alpha value is -0.900. The number of nitrogens with two attached hydrogens (primary N) is 1. The minimum absolute atomic E-state index is 0.281. The molecule has 18 heavy (non-hydrogen) atoms. The van der Waals surface area contributed by atoms with Crippen molar-refractivity contribution in [1.29, 1.82) is 0 Å². The van der Waals surface area contributed by atoms with E-state index in [0.29, 0.717) is 0 Å². The first-order valence-electron chi connectivity index (χ1n) is 6.77. The van der Waals surface area contributed by atoms with Gasteiger partial charge in [0.15, 0.2) is 0 Å². The third-order valence-corrected chi connectivity index (χ3v) is 3.25. The highest BCUT2D eigenvalue weighted by Gasteiger charge is 2.08. The molecule has 0 aromatic heterocycles. The van der Waals surface area contributed by atoms with E-state index in [4.69, 9.17) is 10.6 Å². The third kappa shape index (κ3) is 5.17. The number of ether oxygens (including phenoxy) is 1. The van der Waals surface area contributed by atoms with Crippen LogP contribution in [0.15, 0.2) is 18.2 Å². The molecule has 3 nitrogen and oxygen atoms in total. The van der Waals surface area contributed by atoms with E-state index in [0.717, 1.165) is 32.5 Å². The van der Waals surface area contributed by atoms with Crippen LogP contribution in [0.2, 0.25) is 0 Å². The monoisotopic (exact) mass is 250 g/mol. The Morgan fingerprint density at radius 3 is 2.61 bits per heavy atom. The number of hydrogen-bond donors (Lipinski definition) is 2. The molecule has 0 heterocycles. The van der Waals surface area contributed by atoms with Gasteiger partial charge >= 0.3 is 0 Å². The maximum atomic E-state index is 5.60. The lowest BCUT2D eigenvalue weighted by Crippen LogP contribution is -2.37. The fourth-order valence-corrected chi connectivity index (χ4v) is 1.93. The van der Waals surface area contributed by atoms with Crippen molar-refractivity contribution in [2.45, 2.75) is 46.1 Å². The Bertz CT molecular complexity index is 352. The number of aryl methyl sites for hydroxylation is 2. The molecule has 0 aliphatic heterocycles. The molecule has 0 amide bonds. The van der Waals surface area contributed by atoms with Gasteiger partial charge < -0.3 is 4.74 Å². The van der Waals surface area contributed by atoms with Crippen LogP contribution in [0.1, 0.15) is 36.5 Å². The molecule has 0 saturated carbocycles. The largest absolute Gasteiger partial charge is 0.381 e. The van der Waals surface area contributed by atoms with Crippen molar-refractivity contribution >= 4 is 0 Å². The summed E-state index contributed by atoms with van der Waals surface area (Å²) in [5.74, 6) is 5.60. The molecule has 3 heteroatoms. The van der Waals surface area contributed by atoms with Gasteiger partial charge in [0, 0.05) is 19.3 Å². The number of nitrogens with one attached hydrogen (secondary N) is 1. The number of benzene rings is 1. The summed E-state index contributed by atoms with van der Waals surface area (Å²) in [5.41, 5.74) is 6.89. The van der Waals surface area contributed by atoms with Crippen molar-refractivity contribution in [1.82, 2.24) is 5.43 Å². The number of hydrazine groups is 1. The fraction of sp³-hybridized carbons (Fsp3) is 0.600. The smallest absolute Gasteiger partial charge is 0.0481 e. The molecule has 1 aromatic rings. The van der Waals surface area contributed by atoms with Gasteiger partial charge in [-0.1, -0.05) is 25.1 Å². The average Bonchev–Trinajstić information content (AvgIpc) is 2.37. The van der Waals surface area contributed by atoms with Crippen LogP contribution in [0, 0.1) is 13.8 Å². The summed E-state index contributed by atoms with van der Waals surface area (Å²) in [6, 6.07) is 6.88. The molecule has 0 aliphatic rings. The van der Waals surface area contributed by atoms with Crippen LogP contribution in [0.5, 0.6) is 0 Å². The SMILES string of the molecule is CCCOCCC(Cc1ccc(C)c(C)c1)NN. The van der Waals surface area contributed by atoms with Gasteiger partial charge in [-0.05, 0) is 49.8 Å². The molecule has 0 bridgehead atoms. The summed E-state index contributed by atoms with van der Waals surface area (Å²) in [5, 5.41) is 0. The normalized spacial score (nSPS) is 12.7. The van der Waals surface area contributed by atoms with Gasteiger partial charge in [-0.2, -0.15) is 0 Å². The minimum atomic E-state index is 0.281. The molecule has 0 aliphatic carbocycles. The van der Waals surface area contributed by atoms with Gasteiger partial charge in [-0.3, -0.25) is 11.3 Å². The van der Waals surface area contributed by atoms with Crippen LogP contribution < -0.4 is 11.3 Å². The van der Waals surface area contributed by atoms with Gasteiger partial charge in [0.05, 0.1) is 0 Å². The highest BCUT2D eigenvalue weighted by Crippen LogP contribution is 2.12. The second-order valence-electron chi connectivity index (χ2n) is 4.89. The predicted octanol–water partition coefficient (Wildman–Crippen LogP) is 2.49. The quantitative estimate of drug-likeness (QED) is 0.423. The Morgan fingerprint density at radius 1 is 1.22 bits per heavy atom. The molecule has 0 spiro atoms. The van der Waals surface area contributed by atoms with Crippen LogP contribution in [-0.4, -0.2) is 19.3 Å². The standard InChI is InChI=1S/C15H26N2O/c1-4-8-18-9-7-15(17-16)11-14-6-5-12(2)13(3)10-14/h5-6,10,15,17H,4,7-9,11,16H2,1-3H3. The molecule has 3 N–H and O–H groups in total. The molecule has 102 valence electrons. The van der Waals surface area contributed by atoms with Gasteiger partial charge in [-0.25, -0.2) is 0 Å². The lowest BCUT2D eigenvalue weighted by Gasteiger charge is -2.16. The van der Waals surface area contributed by atoms with Crippen LogP contribution in [0.3, 0.4) is 0 Å². The van der Waals surface area contributed by atoms with E-state index in [2.05, 4.69) is 44.4 Å². The van der Waals surface area contributed by atoms with Crippen LogP contribution in [0.4, 0.5) is 0 Å². The summed E-state index contributed by atoms with van der Waals surface area (Å²) in [7, 11) is 0. The molecule has 1 rings (SSSR count). The maximum Gasteiger partial charge on any atom is 0.0481 e. The summed E-state index contributed by atoms with van der Waals surface area (Å²) in [6.07, 6.45) is 2.97. The molecule has 0 fully saturated rings. The molecular formula is C15H26N2O. The molecule has 0 saturated heterocycles. The Morgan fingerprint density at radius 2 is 2.00 bits per heavy atom. The van der Waals surface area contributed by atoms with E-state index < -0.39 is 0 Å². The van der Waals surface area contributed by atoms with E-state index in [1.165, 1.54) is 16.7 Å². The van der Waals surface area contributed by atoms with Gasteiger partial charge in [0.25, 0.3) is 0 Å². The zero-order valence-electron chi connectivity index (χ0n) is 11.8. The van der Waals surface area contributed by atoms with Gasteiger partial charge in [0.1, 0.15) is 0 Å². The Labute approximate surface area is 111 Å². The Balaban J connectivity index is 2.44. The van der Waals surface area contributed by atoms with Crippen molar-refractivity contribution in [3.05, 3.63) is 34.9 Å². The van der Waals surface area contributed by atoms with Crippen molar-refractivity contribution in [2.75, 3.05) is 13.2 Å². The maximum absolute atomic E-state index is 5.60. The van der Waals surface area contributed by atoms with Gasteiger partial charge in [-0.15, -0.1) is 0 Å². The molecule has 1 unspecified atom stereocenters. The van der Waals surface area contributed by atoms with Crippen molar-refractivity contribution in [3.8, 4) is 0 Å². The van der Waals surface area contributed by atoms with Crippen LogP contribution in [0.25, 0.3) is 0 Å². The zero-order valence-corrected chi connectivity index (χ0v) is 11.8. The highest BCUT2D eigenvalue weighted by molar-refractivity contribution is 5.30. The van der Waals surface area contributed by atoms with Crippen LogP contribution in [-0.2, 0) is 11.2 Å². The highest BCUT2D eigenvalue weighted by atomic mass is 16.5. The first-order valence-corrected chi connectivity index (χ1v) is 6.77.